The number of nitrogens with zero attached hydrogens (tertiary/aromatic N) is 1. The molecule has 0 N–H and O–H groups in total. The van der Waals surface area contributed by atoms with Crippen molar-refractivity contribution in [1.29, 1.82) is 0 Å². The zero-order valence-electron chi connectivity index (χ0n) is 8.01. The van der Waals surface area contributed by atoms with Crippen molar-refractivity contribution in [2.24, 2.45) is 5.16 Å². The first-order chi connectivity index (χ1) is 7.05. The van der Waals surface area contributed by atoms with Crippen LogP contribution in [0.3, 0.4) is 0 Å². The van der Waals surface area contributed by atoms with Crippen LogP contribution in [0, 0.1) is 0 Å². The van der Waals surface area contributed by atoms with Crippen molar-refractivity contribution in [3.8, 4) is 0 Å². The predicted octanol–water partition coefficient (Wildman–Crippen LogP) is 3.10. The van der Waals surface area contributed by atoms with E-state index in [0.29, 0.717) is 0 Å². The second-order valence-electron chi connectivity index (χ2n) is 2.74. The summed E-state index contributed by atoms with van der Waals surface area (Å²) in [5.41, 5.74) is -0.639. The Bertz CT molecular complexity index is 347. The Labute approximate surface area is 85.4 Å². The van der Waals surface area contributed by atoms with Gasteiger partial charge in [-0.2, -0.15) is 13.2 Å². The smallest absolute Gasteiger partial charge is 0.391 e. The average Bonchev–Trinajstić information content (AvgIpc) is 2.17. The third kappa shape index (κ3) is 3.27. The molecule has 2 nitrogen and oxygen atoms in total. The molecule has 1 aromatic carbocycles. The summed E-state index contributed by atoms with van der Waals surface area (Å²) in [5, 5.41) is 3.27. The van der Waals surface area contributed by atoms with Gasteiger partial charge >= 0.3 is 6.18 Å². The summed E-state index contributed by atoms with van der Waals surface area (Å²) in [4.78, 5) is 4.62. The van der Waals surface area contributed by atoms with E-state index < -0.39 is 11.7 Å². The summed E-state index contributed by atoms with van der Waals surface area (Å²) in [6, 6.07) is 5.22. The van der Waals surface area contributed by atoms with Gasteiger partial charge in [0.05, 0.1) is 5.56 Å². The Hall–Kier alpha value is -1.52. The molecular weight excluding hydrogens is 207 g/mol. The molecular formula is C10H9F3NO. The quantitative estimate of drug-likeness (QED) is 0.562. The third-order valence-electron chi connectivity index (χ3n) is 1.70. The number of alkyl halides is 3. The van der Waals surface area contributed by atoms with Crippen LogP contribution in [-0.2, 0) is 17.6 Å². The van der Waals surface area contributed by atoms with Crippen molar-refractivity contribution in [1.82, 2.24) is 0 Å². The van der Waals surface area contributed by atoms with Gasteiger partial charge < -0.3 is 4.84 Å². The van der Waals surface area contributed by atoms with Crippen molar-refractivity contribution in [3.63, 3.8) is 0 Å². The van der Waals surface area contributed by atoms with E-state index in [0.717, 1.165) is 6.07 Å². The molecule has 0 amide bonds. The summed E-state index contributed by atoms with van der Waals surface area (Å²) in [6.45, 7) is 1.28. The van der Waals surface area contributed by atoms with E-state index in [1.807, 2.05) is 0 Å². The molecule has 0 saturated heterocycles. The summed E-state index contributed by atoms with van der Waals surface area (Å²) in [6.07, 6.45) is -2.04. The highest BCUT2D eigenvalue weighted by atomic mass is 19.4. The maximum absolute atomic E-state index is 12.5. The molecule has 81 valence electrons. The monoisotopic (exact) mass is 216 g/mol. The molecule has 0 saturated carbocycles. The Morgan fingerprint density at radius 1 is 1.33 bits per heavy atom. The minimum absolute atomic E-state index is 0.0593. The van der Waals surface area contributed by atoms with E-state index in [1.54, 1.807) is 0 Å². The molecule has 0 heterocycles. The van der Waals surface area contributed by atoms with Gasteiger partial charge in [-0.1, -0.05) is 23.4 Å². The van der Waals surface area contributed by atoms with E-state index in [1.165, 1.54) is 25.1 Å². The normalized spacial score (nSPS) is 12.0. The summed E-state index contributed by atoms with van der Waals surface area (Å²) in [7, 11) is 0. The van der Waals surface area contributed by atoms with Crippen molar-refractivity contribution < 1.29 is 18.0 Å². The summed E-state index contributed by atoms with van der Waals surface area (Å²) < 4.78 is 37.4. The number of hydrogen-bond acceptors (Lipinski definition) is 2. The number of benzene rings is 1. The molecule has 15 heavy (non-hydrogen) atoms. The lowest BCUT2D eigenvalue weighted by molar-refractivity contribution is -0.138. The van der Waals surface area contributed by atoms with Gasteiger partial charge in [0, 0.05) is 5.56 Å². The van der Waals surface area contributed by atoms with E-state index in [4.69, 9.17) is 0 Å². The molecule has 1 rings (SSSR count). The zero-order chi connectivity index (χ0) is 11.3. The topological polar surface area (TPSA) is 21.6 Å². The van der Waals surface area contributed by atoms with Crippen molar-refractivity contribution >= 4 is 6.21 Å². The van der Waals surface area contributed by atoms with Crippen LogP contribution in [-0.4, -0.2) is 6.21 Å². The molecule has 0 aliphatic rings. The molecule has 0 bridgehead atoms. The van der Waals surface area contributed by atoms with Gasteiger partial charge in [0.25, 0.3) is 0 Å². The van der Waals surface area contributed by atoms with Crippen LogP contribution < -0.4 is 0 Å². The van der Waals surface area contributed by atoms with Crippen molar-refractivity contribution in [2.75, 3.05) is 0 Å². The van der Waals surface area contributed by atoms with Gasteiger partial charge in [-0.05, 0) is 13.0 Å². The Morgan fingerprint density at radius 3 is 2.60 bits per heavy atom. The first kappa shape index (κ1) is 11.6. The second kappa shape index (κ2) is 4.82. The van der Waals surface area contributed by atoms with Gasteiger partial charge in [-0.25, -0.2) is 0 Å². The SMILES string of the molecule is C/[C]=N\OCc1ccccc1C(F)(F)F. The van der Waals surface area contributed by atoms with Gasteiger partial charge in [0.15, 0.2) is 0 Å². The highest BCUT2D eigenvalue weighted by Crippen LogP contribution is 2.32. The maximum atomic E-state index is 12.5. The number of hydrogen-bond donors (Lipinski definition) is 0. The molecule has 0 aromatic heterocycles. The van der Waals surface area contributed by atoms with Crippen molar-refractivity contribution in [2.45, 2.75) is 19.7 Å². The zero-order valence-corrected chi connectivity index (χ0v) is 8.01. The van der Waals surface area contributed by atoms with Crippen molar-refractivity contribution in [3.05, 3.63) is 35.4 Å². The highest BCUT2D eigenvalue weighted by Gasteiger charge is 2.32. The minimum Gasteiger partial charge on any atom is -0.391 e. The molecule has 0 fully saturated rings. The van der Waals surface area contributed by atoms with Crippen LogP contribution in [0.2, 0.25) is 0 Å². The molecule has 0 aliphatic carbocycles. The first-order valence-corrected chi connectivity index (χ1v) is 4.19. The van der Waals surface area contributed by atoms with Gasteiger partial charge in [-0.3, -0.25) is 0 Å². The van der Waals surface area contributed by atoms with Crippen LogP contribution in [0.25, 0.3) is 0 Å². The van der Waals surface area contributed by atoms with E-state index in [2.05, 4.69) is 16.2 Å². The summed E-state index contributed by atoms with van der Waals surface area (Å²) in [5.74, 6) is 0. The standard InChI is InChI=1S/C10H9F3NO/c1-2-14-15-7-8-5-3-4-6-9(8)10(11,12)13/h3-6H,7H2,1H3. The minimum atomic E-state index is -4.36. The Balaban J connectivity index is 2.87. The lowest BCUT2D eigenvalue weighted by atomic mass is 10.1. The summed E-state index contributed by atoms with van der Waals surface area (Å²) >= 11 is 0. The number of rotatable bonds is 3. The lowest BCUT2D eigenvalue weighted by Gasteiger charge is -2.11. The van der Waals surface area contributed by atoms with Crippen LogP contribution in [0.5, 0.6) is 0 Å². The molecule has 0 atom stereocenters. The van der Waals surface area contributed by atoms with Crippen LogP contribution in [0.1, 0.15) is 18.1 Å². The molecule has 5 heteroatoms. The fourth-order valence-electron chi connectivity index (χ4n) is 1.09. The molecule has 0 spiro atoms. The lowest BCUT2D eigenvalue weighted by Crippen LogP contribution is -2.09. The van der Waals surface area contributed by atoms with Gasteiger partial charge in [-0.15, -0.1) is 0 Å². The first-order valence-electron chi connectivity index (χ1n) is 4.19. The second-order valence-corrected chi connectivity index (χ2v) is 2.74. The number of halogens is 3. The van der Waals surface area contributed by atoms with Crippen LogP contribution in [0.15, 0.2) is 29.4 Å². The van der Waals surface area contributed by atoms with Gasteiger partial charge in [0.1, 0.15) is 12.8 Å². The molecule has 1 aromatic rings. The maximum Gasteiger partial charge on any atom is 0.416 e. The molecule has 0 aliphatic heterocycles. The highest BCUT2D eigenvalue weighted by molar-refractivity contribution is 5.52. The van der Waals surface area contributed by atoms with Gasteiger partial charge in [0.2, 0.25) is 0 Å². The average molecular weight is 216 g/mol. The predicted molar refractivity (Wildman–Crippen MR) is 49.3 cm³/mol. The van der Waals surface area contributed by atoms with Crippen LogP contribution in [0.4, 0.5) is 13.2 Å². The van der Waals surface area contributed by atoms with Crippen LogP contribution >= 0.6 is 0 Å². The van der Waals surface area contributed by atoms with E-state index >= 15 is 0 Å². The fraction of sp³-hybridized carbons (Fsp3) is 0.300. The molecule has 1 radical (unpaired) electrons. The molecule has 0 unspecified atom stereocenters. The fourth-order valence-corrected chi connectivity index (χ4v) is 1.09. The largest absolute Gasteiger partial charge is 0.416 e. The van der Waals surface area contributed by atoms with E-state index in [9.17, 15) is 13.2 Å². The third-order valence-corrected chi connectivity index (χ3v) is 1.70. The Kier molecular flexibility index (Phi) is 3.71. The van der Waals surface area contributed by atoms with E-state index in [-0.39, 0.29) is 12.2 Å². The Morgan fingerprint density at radius 2 is 2.00 bits per heavy atom.